The molecule has 0 aromatic heterocycles. The van der Waals surface area contributed by atoms with Crippen LogP contribution in [0.15, 0.2) is 0 Å². The molecule has 0 bridgehead atoms. The van der Waals surface area contributed by atoms with Gasteiger partial charge in [-0.3, -0.25) is 0 Å². The van der Waals surface area contributed by atoms with E-state index in [1.165, 1.54) is 0 Å². The van der Waals surface area contributed by atoms with Crippen molar-refractivity contribution >= 4 is 22.0 Å². The van der Waals surface area contributed by atoms with Crippen LogP contribution in [-0.2, 0) is 61.3 Å². The first-order valence-electron chi connectivity index (χ1n) is 14.2. The zero-order valence-corrected chi connectivity index (χ0v) is 31.7. The molecule has 0 aromatic rings. The van der Waals surface area contributed by atoms with Gasteiger partial charge in [0.15, 0.2) is 12.2 Å². The molecule has 8 atom stereocenters. The number of carbonyl (C=O) groups is 2. The molecule has 0 radical (unpaired) electrons. The summed E-state index contributed by atoms with van der Waals surface area (Å²) >= 11 is 0. The van der Waals surface area contributed by atoms with Gasteiger partial charge in [0.2, 0.25) is 0 Å². The summed E-state index contributed by atoms with van der Waals surface area (Å²) in [5.74, 6) is 0. The van der Waals surface area contributed by atoms with Gasteiger partial charge in [0.25, 0.3) is 0 Å². The fourth-order valence-electron chi connectivity index (χ4n) is 3.29. The van der Waals surface area contributed by atoms with Crippen molar-refractivity contribution in [2.24, 2.45) is 0 Å². The maximum absolute atomic E-state index is 10.8. The predicted molar refractivity (Wildman–Crippen MR) is 144 cm³/mol. The van der Waals surface area contributed by atoms with E-state index < -0.39 is 22.0 Å². The van der Waals surface area contributed by atoms with Gasteiger partial charge < -0.3 is 90.1 Å². The largest absolute Gasteiger partial charge is 1.00 e. The fraction of sp³-hybridized carbons (Fsp3) is 0.923. The summed E-state index contributed by atoms with van der Waals surface area (Å²) in [5, 5.41) is 0. The van der Waals surface area contributed by atoms with Gasteiger partial charge in [-0.15, -0.1) is 0 Å². The normalized spacial score (nSPS) is 25.0. The van der Waals surface area contributed by atoms with Crippen molar-refractivity contribution in [1.82, 2.24) is 0 Å². The standard InChI is InChI=1S/C14H22O9.C12H22O5.HI.Na.HO2Si/c1-9(3-17-5-11-7-20-13(15)22-11)18-4-10(2)19-6-12-8-21-14(16)23-12;1-9(3-13-5-11-7-16-11)14-4-10(2)15-6-12-8-17-12;;;1-3-2/h9-12H,3-8H2,1-2H3;9-12H,3-8H2,1-2H3;1H;;1H/q;;;+1;-1/p-1. The Labute approximate surface area is 305 Å². The van der Waals surface area contributed by atoms with Gasteiger partial charge in [0.1, 0.15) is 25.4 Å². The Balaban J connectivity index is 0.000000784. The molecule has 8 unspecified atom stereocenters. The van der Waals surface area contributed by atoms with E-state index >= 15 is 0 Å². The van der Waals surface area contributed by atoms with Crippen LogP contribution in [0.5, 0.6) is 0 Å². The molecule has 258 valence electrons. The molecule has 0 aromatic carbocycles. The molecule has 4 saturated heterocycles. The van der Waals surface area contributed by atoms with Gasteiger partial charge in [-0.1, -0.05) is 0 Å². The van der Waals surface area contributed by atoms with Gasteiger partial charge in [-0.25, -0.2) is 9.59 Å². The van der Waals surface area contributed by atoms with E-state index in [0.29, 0.717) is 51.8 Å². The molecule has 45 heavy (non-hydrogen) atoms. The molecule has 4 aliphatic heterocycles. The number of hydrogen-bond acceptors (Lipinski definition) is 15. The van der Waals surface area contributed by atoms with Gasteiger partial charge >= 0.3 is 41.9 Å². The number of halogens is 1. The second kappa shape index (κ2) is 26.7. The summed E-state index contributed by atoms with van der Waals surface area (Å²) in [6.45, 7) is 13.7. The maximum atomic E-state index is 10.8. The molecule has 0 aliphatic carbocycles. The van der Waals surface area contributed by atoms with Crippen LogP contribution in [0.2, 0.25) is 0 Å². The molecule has 4 fully saturated rings. The molecule has 19 heteroatoms. The van der Waals surface area contributed by atoms with Crippen molar-refractivity contribution in [3.8, 4) is 0 Å². The number of epoxide rings is 2. The first kappa shape index (κ1) is 44.8. The quantitative estimate of drug-likeness (QED) is 0.0532. The first-order chi connectivity index (χ1) is 20.7. The van der Waals surface area contributed by atoms with E-state index in [4.69, 9.17) is 56.6 Å². The Bertz CT molecular complexity index is 796. The molecule has 0 spiro atoms. The zero-order chi connectivity index (χ0) is 31.5. The molecule has 4 heterocycles. The second-order valence-corrected chi connectivity index (χ2v) is 10.4. The third-order valence-corrected chi connectivity index (χ3v) is 5.78. The van der Waals surface area contributed by atoms with E-state index in [2.05, 4.69) is 9.47 Å². The van der Waals surface area contributed by atoms with Crippen LogP contribution in [-0.4, -0.2) is 155 Å². The number of hydrogen-bond donors (Lipinski definition) is 1. The molecule has 4 rings (SSSR count). The predicted octanol–water partition coefficient (Wildman–Crippen LogP) is -5.55. The minimum Gasteiger partial charge on any atom is -1.00 e. The Morgan fingerprint density at radius 3 is 1.36 bits per heavy atom. The molecular weight excluding hydrogens is 746 g/mol. The third kappa shape index (κ3) is 24.6. The van der Waals surface area contributed by atoms with Crippen molar-refractivity contribution in [2.45, 2.75) is 76.5 Å². The molecule has 0 saturated carbocycles. The van der Waals surface area contributed by atoms with Gasteiger partial charge in [0, 0.05) is 0 Å². The van der Waals surface area contributed by atoms with Gasteiger partial charge in [0.05, 0.1) is 100 Å². The SMILES string of the molecule is CC(COCC1CO1)OCC(C)OCC1CO1.CC(COCC1COC(=O)O1)OCC(C)OCC1COC(=O)O1.O=[Si-]O.[I-].[Na+]. The van der Waals surface area contributed by atoms with E-state index in [-0.39, 0.29) is 117 Å². The van der Waals surface area contributed by atoms with Crippen LogP contribution in [0.4, 0.5) is 9.59 Å². The number of ether oxygens (including phenoxy) is 12. The van der Waals surface area contributed by atoms with Crippen LogP contribution < -0.4 is 53.5 Å². The molecule has 0 amide bonds. The van der Waals surface area contributed by atoms with Crippen LogP contribution in [0.25, 0.3) is 0 Å². The van der Waals surface area contributed by atoms with Crippen molar-refractivity contribution < 1.29 is 129 Å². The van der Waals surface area contributed by atoms with Crippen LogP contribution in [0.1, 0.15) is 27.7 Å². The summed E-state index contributed by atoms with van der Waals surface area (Å²) in [6, 6.07) is 0. The Morgan fingerprint density at radius 1 is 0.644 bits per heavy atom. The molecular formula is C26H45INaO16Si-. The topological polar surface area (TPSA) is 189 Å². The van der Waals surface area contributed by atoms with Gasteiger partial charge in [-0.2, -0.15) is 0 Å². The average molecular weight is 792 g/mol. The van der Waals surface area contributed by atoms with Crippen molar-refractivity contribution in [2.75, 3.05) is 79.3 Å². The van der Waals surface area contributed by atoms with Crippen LogP contribution >= 0.6 is 0 Å². The minimum absolute atomic E-state index is 0. The summed E-state index contributed by atoms with van der Waals surface area (Å²) in [6.07, 6.45) is -1.48. The van der Waals surface area contributed by atoms with Crippen molar-refractivity contribution in [1.29, 1.82) is 0 Å². The zero-order valence-electron chi connectivity index (χ0n) is 26.6. The summed E-state index contributed by atoms with van der Waals surface area (Å²) in [5.41, 5.74) is 0. The number of rotatable bonds is 20. The van der Waals surface area contributed by atoms with E-state index in [1.807, 2.05) is 27.7 Å². The monoisotopic (exact) mass is 791 g/mol. The first-order valence-corrected chi connectivity index (χ1v) is 15.1. The summed E-state index contributed by atoms with van der Waals surface area (Å²) in [7, 11) is -1.17. The smallest absolute Gasteiger partial charge is 1.00 e. The second-order valence-electron chi connectivity index (χ2n) is 10.3. The van der Waals surface area contributed by atoms with Crippen LogP contribution in [0.3, 0.4) is 0 Å². The Kier molecular flexibility index (Phi) is 26.6. The third-order valence-electron chi connectivity index (χ3n) is 5.78. The summed E-state index contributed by atoms with van der Waals surface area (Å²) in [4.78, 5) is 28.5. The van der Waals surface area contributed by atoms with Crippen LogP contribution in [0, 0.1) is 0 Å². The molecule has 1 N–H and O–H groups in total. The van der Waals surface area contributed by atoms with Gasteiger partial charge in [-0.05, 0) is 27.7 Å². The van der Waals surface area contributed by atoms with E-state index in [0.717, 1.165) is 13.2 Å². The molecule has 16 nitrogen and oxygen atoms in total. The van der Waals surface area contributed by atoms with Crippen molar-refractivity contribution in [3.63, 3.8) is 0 Å². The van der Waals surface area contributed by atoms with E-state index in [1.54, 1.807) is 0 Å². The average Bonchev–Trinajstić information content (AvgIpc) is 3.90. The summed E-state index contributed by atoms with van der Waals surface area (Å²) < 4.78 is 70.8. The Hall–Kier alpha value is -0.233. The van der Waals surface area contributed by atoms with E-state index in [9.17, 15) is 9.59 Å². The fourth-order valence-corrected chi connectivity index (χ4v) is 3.29. The van der Waals surface area contributed by atoms with Crippen molar-refractivity contribution in [3.05, 3.63) is 0 Å². The molecule has 4 aliphatic rings. The number of carbonyl (C=O) groups excluding carboxylic acids is 2. The number of cyclic esters (lactones) is 4. The Morgan fingerprint density at radius 2 is 0.978 bits per heavy atom. The maximum Gasteiger partial charge on any atom is 1.00 e. The minimum atomic E-state index is -1.17.